The normalized spacial score (nSPS) is 26.4. The first-order chi connectivity index (χ1) is 15.6. The monoisotopic (exact) mass is 446 g/mol. The van der Waals surface area contributed by atoms with E-state index < -0.39 is 7.14 Å². The van der Waals surface area contributed by atoms with Crippen LogP contribution in [0.4, 0.5) is 0 Å². The predicted molar refractivity (Wildman–Crippen MR) is 136 cm³/mol. The summed E-state index contributed by atoms with van der Waals surface area (Å²) in [6.45, 7) is 2.31. The lowest BCUT2D eigenvalue weighted by Gasteiger charge is -2.41. The molecule has 2 fully saturated rings. The molecule has 0 unspecified atom stereocenters. The average molecular weight is 447 g/mol. The van der Waals surface area contributed by atoms with Crippen molar-refractivity contribution in [2.75, 3.05) is 0 Å². The van der Waals surface area contributed by atoms with Crippen LogP contribution >= 0.6 is 7.14 Å². The van der Waals surface area contributed by atoms with Crippen LogP contribution in [0.3, 0.4) is 0 Å². The van der Waals surface area contributed by atoms with E-state index in [1.165, 1.54) is 99.9 Å². The summed E-state index contributed by atoms with van der Waals surface area (Å²) in [5.41, 5.74) is 8.65. The molecule has 1 nitrogen and oxygen atoms in total. The maximum Gasteiger partial charge on any atom is 0.121 e. The Kier molecular flexibility index (Phi) is 5.41. The van der Waals surface area contributed by atoms with Gasteiger partial charge in [-0.1, -0.05) is 74.9 Å². The quantitative estimate of drug-likeness (QED) is 0.439. The number of fused-ring (bicyclic) bond motifs is 4. The summed E-state index contributed by atoms with van der Waals surface area (Å²) >= 11 is 0. The van der Waals surface area contributed by atoms with E-state index in [1.807, 2.05) is 0 Å². The summed E-state index contributed by atoms with van der Waals surface area (Å²) < 4.78 is 15.6. The first-order valence-corrected chi connectivity index (χ1v) is 15.3. The van der Waals surface area contributed by atoms with E-state index >= 15 is 4.57 Å². The van der Waals surface area contributed by atoms with Gasteiger partial charge in [-0.2, -0.15) is 0 Å². The first kappa shape index (κ1) is 21.2. The van der Waals surface area contributed by atoms with Crippen molar-refractivity contribution in [1.29, 1.82) is 0 Å². The van der Waals surface area contributed by atoms with Crippen molar-refractivity contribution in [2.24, 2.45) is 0 Å². The van der Waals surface area contributed by atoms with Crippen molar-refractivity contribution in [3.63, 3.8) is 0 Å². The van der Waals surface area contributed by atoms with E-state index in [4.69, 9.17) is 0 Å². The highest BCUT2D eigenvalue weighted by molar-refractivity contribution is 7.73. The molecule has 0 N–H and O–H groups in total. The molecule has 2 heteroatoms. The molecule has 1 spiro atoms. The molecule has 0 aliphatic heterocycles. The Labute approximate surface area is 194 Å². The SMILES string of the molecule is Cc1cccc2c1[C@@]1(CC2)CCc2cccc(P(=O)(C3CCCCC3)C3CCCCC3)c21. The van der Waals surface area contributed by atoms with Crippen LogP contribution in [0.5, 0.6) is 0 Å². The van der Waals surface area contributed by atoms with Crippen molar-refractivity contribution in [3.8, 4) is 0 Å². The van der Waals surface area contributed by atoms with Gasteiger partial charge in [0.2, 0.25) is 0 Å². The summed E-state index contributed by atoms with van der Waals surface area (Å²) in [4.78, 5) is 0. The predicted octanol–water partition coefficient (Wildman–Crippen LogP) is 7.83. The number of hydrogen-bond donors (Lipinski definition) is 0. The third kappa shape index (κ3) is 3.06. The number of aryl methyl sites for hydroxylation is 3. The molecule has 4 aliphatic rings. The largest absolute Gasteiger partial charge is 0.318 e. The van der Waals surface area contributed by atoms with Crippen LogP contribution in [0.25, 0.3) is 0 Å². The van der Waals surface area contributed by atoms with E-state index in [9.17, 15) is 0 Å². The Balaban J connectivity index is 1.56. The second-order valence-electron chi connectivity index (χ2n) is 11.3. The molecule has 0 bridgehead atoms. The summed E-state index contributed by atoms with van der Waals surface area (Å²) in [5, 5.41) is 1.35. The highest BCUT2D eigenvalue weighted by atomic mass is 31.2. The van der Waals surface area contributed by atoms with Gasteiger partial charge in [0, 0.05) is 22.0 Å². The van der Waals surface area contributed by atoms with Gasteiger partial charge < -0.3 is 4.57 Å². The molecule has 6 rings (SSSR count). The Morgan fingerprint density at radius 3 is 1.84 bits per heavy atom. The Hall–Kier alpha value is -1.33. The van der Waals surface area contributed by atoms with Gasteiger partial charge in [-0.3, -0.25) is 0 Å². The summed E-state index contributed by atoms with van der Waals surface area (Å²) in [6, 6.07) is 13.9. The van der Waals surface area contributed by atoms with Crippen LogP contribution in [-0.2, 0) is 22.8 Å². The van der Waals surface area contributed by atoms with Crippen molar-refractivity contribution >= 4 is 12.4 Å². The van der Waals surface area contributed by atoms with Crippen LogP contribution in [0.15, 0.2) is 36.4 Å². The van der Waals surface area contributed by atoms with Gasteiger partial charge in [0.25, 0.3) is 0 Å². The molecule has 0 saturated heterocycles. The molecule has 0 heterocycles. The number of rotatable bonds is 3. The zero-order chi connectivity index (χ0) is 21.8. The van der Waals surface area contributed by atoms with E-state index in [0.717, 1.165) is 6.42 Å². The molecule has 0 aromatic heterocycles. The highest BCUT2D eigenvalue weighted by Gasteiger charge is 2.51. The van der Waals surface area contributed by atoms with Crippen molar-refractivity contribution in [2.45, 2.75) is 114 Å². The Morgan fingerprint density at radius 1 is 0.719 bits per heavy atom. The molecule has 170 valence electrons. The first-order valence-electron chi connectivity index (χ1n) is 13.5. The standard InChI is InChI=1S/C30H39OP/c1-22-10-8-11-23-18-20-30(28(22)23)21-19-24-12-9-17-27(29(24)30)32(31,25-13-4-2-5-14-25)26-15-6-3-7-16-26/h8-12,17,25-26H,2-7,13-16,18-21H2,1H3/t30-/m1/s1. The molecule has 0 radical (unpaired) electrons. The van der Waals surface area contributed by atoms with Gasteiger partial charge >= 0.3 is 0 Å². The summed E-state index contributed by atoms with van der Waals surface area (Å²) in [5.74, 6) is 0. The van der Waals surface area contributed by atoms with Gasteiger partial charge in [-0.05, 0) is 86.1 Å². The fraction of sp³-hybridized carbons (Fsp3) is 0.600. The molecule has 2 aromatic carbocycles. The van der Waals surface area contributed by atoms with Gasteiger partial charge in [-0.15, -0.1) is 0 Å². The second kappa shape index (κ2) is 8.16. The lowest BCUT2D eigenvalue weighted by Crippen LogP contribution is -2.35. The van der Waals surface area contributed by atoms with Crippen LogP contribution in [0, 0.1) is 6.92 Å². The third-order valence-corrected chi connectivity index (χ3v) is 14.0. The molecule has 2 saturated carbocycles. The van der Waals surface area contributed by atoms with E-state index in [1.54, 1.807) is 16.7 Å². The maximum absolute atomic E-state index is 15.6. The third-order valence-electron chi connectivity index (χ3n) is 9.70. The van der Waals surface area contributed by atoms with E-state index in [0.29, 0.717) is 11.3 Å². The van der Waals surface area contributed by atoms with E-state index in [2.05, 4.69) is 43.3 Å². The molecule has 1 atom stereocenters. The lowest BCUT2D eigenvalue weighted by atomic mass is 9.75. The van der Waals surface area contributed by atoms with Crippen LogP contribution in [0.2, 0.25) is 0 Å². The minimum absolute atomic E-state index is 0.117. The minimum atomic E-state index is -2.47. The van der Waals surface area contributed by atoms with Crippen molar-refractivity contribution in [1.82, 2.24) is 0 Å². The van der Waals surface area contributed by atoms with Crippen LogP contribution in [0.1, 0.15) is 105 Å². The van der Waals surface area contributed by atoms with Gasteiger partial charge in [0.1, 0.15) is 7.14 Å². The highest BCUT2D eigenvalue weighted by Crippen LogP contribution is 2.65. The van der Waals surface area contributed by atoms with Crippen molar-refractivity contribution in [3.05, 3.63) is 64.2 Å². The van der Waals surface area contributed by atoms with Crippen LogP contribution < -0.4 is 5.30 Å². The zero-order valence-electron chi connectivity index (χ0n) is 19.9. The topological polar surface area (TPSA) is 17.1 Å². The average Bonchev–Trinajstić information content (AvgIpc) is 3.42. The summed E-state index contributed by atoms with van der Waals surface area (Å²) in [7, 11) is -2.47. The minimum Gasteiger partial charge on any atom is -0.318 e. The van der Waals surface area contributed by atoms with Gasteiger partial charge in [-0.25, -0.2) is 0 Å². The van der Waals surface area contributed by atoms with E-state index in [-0.39, 0.29) is 5.41 Å². The van der Waals surface area contributed by atoms with Gasteiger partial charge in [0.15, 0.2) is 0 Å². The molecule has 4 aliphatic carbocycles. The smallest absolute Gasteiger partial charge is 0.121 e. The molecular weight excluding hydrogens is 407 g/mol. The lowest BCUT2D eigenvalue weighted by molar-refractivity contribution is 0.451. The van der Waals surface area contributed by atoms with Gasteiger partial charge in [0.05, 0.1) is 0 Å². The summed E-state index contributed by atoms with van der Waals surface area (Å²) in [6.07, 6.45) is 17.3. The molecule has 0 amide bonds. The molecule has 2 aromatic rings. The maximum atomic E-state index is 15.6. The second-order valence-corrected chi connectivity index (χ2v) is 14.7. The number of benzene rings is 2. The van der Waals surface area contributed by atoms with Crippen LogP contribution in [-0.4, -0.2) is 11.3 Å². The van der Waals surface area contributed by atoms with Crippen molar-refractivity contribution < 1.29 is 4.57 Å². The molecular formula is C30H39OP. The Morgan fingerprint density at radius 2 is 1.25 bits per heavy atom. The fourth-order valence-corrected chi connectivity index (χ4v) is 13.0. The fourth-order valence-electron chi connectivity index (χ4n) is 8.33. The molecule has 32 heavy (non-hydrogen) atoms. The zero-order valence-corrected chi connectivity index (χ0v) is 20.8. The number of hydrogen-bond acceptors (Lipinski definition) is 1. The Bertz CT molecular complexity index is 1030.